The van der Waals surface area contributed by atoms with Gasteiger partial charge in [-0.1, -0.05) is 35.4 Å². The summed E-state index contributed by atoms with van der Waals surface area (Å²) < 4.78 is 0. The fraction of sp³-hybridized carbons (Fsp3) is 0.467. The highest BCUT2D eigenvalue weighted by atomic mass is 16.3. The molecule has 1 aromatic rings. The van der Waals surface area contributed by atoms with Crippen LogP contribution in [0.5, 0.6) is 0 Å². The molecule has 88 valence electrons. The van der Waals surface area contributed by atoms with Gasteiger partial charge in [0, 0.05) is 0 Å². The zero-order chi connectivity index (χ0) is 12.0. The Morgan fingerprint density at radius 3 is 2.44 bits per heavy atom. The Bertz CT molecular complexity index is 321. The van der Waals surface area contributed by atoms with Crippen LogP contribution >= 0.6 is 0 Å². The highest BCUT2D eigenvalue weighted by Crippen LogP contribution is 2.13. The van der Waals surface area contributed by atoms with Gasteiger partial charge < -0.3 is 5.11 Å². The summed E-state index contributed by atoms with van der Waals surface area (Å²) in [5.74, 6) is 0. The Morgan fingerprint density at radius 1 is 1.25 bits per heavy atom. The highest BCUT2D eigenvalue weighted by Gasteiger charge is 2.05. The van der Waals surface area contributed by atoms with Crippen LogP contribution < -0.4 is 0 Å². The zero-order valence-electron chi connectivity index (χ0n) is 10.4. The monoisotopic (exact) mass is 218 g/mol. The largest absolute Gasteiger partial charge is 0.393 e. The smallest absolute Gasteiger partial charge is 0.0580 e. The van der Waals surface area contributed by atoms with Gasteiger partial charge in [-0.25, -0.2) is 0 Å². The van der Waals surface area contributed by atoms with E-state index >= 15 is 0 Å². The molecule has 0 aliphatic carbocycles. The lowest BCUT2D eigenvalue weighted by Crippen LogP contribution is -2.10. The summed E-state index contributed by atoms with van der Waals surface area (Å²) in [6.45, 7) is 7.88. The molecule has 0 heterocycles. The van der Waals surface area contributed by atoms with Crippen LogP contribution in [0.1, 0.15) is 36.0 Å². The third-order valence-electron chi connectivity index (χ3n) is 2.70. The van der Waals surface area contributed by atoms with Crippen LogP contribution in [-0.2, 0) is 6.42 Å². The second kappa shape index (κ2) is 6.49. The van der Waals surface area contributed by atoms with Gasteiger partial charge in [0.05, 0.1) is 6.10 Å². The highest BCUT2D eigenvalue weighted by molar-refractivity contribution is 5.28. The van der Waals surface area contributed by atoms with Crippen LogP contribution in [0.2, 0.25) is 0 Å². The van der Waals surface area contributed by atoms with Crippen molar-refractivity contribution in [3.8, 4) is 0 Å². The quantitative estimate of drug-likeness (QED) is 0.571. The van der Waals surface area contributed by atoms with Gasteiger partial charge >= 0.3 is 0 Å². The molecule has 1 rings (SSSR count). The van der Waals surface area contributed by atoms with E-state index in [0.29, 0.717) is 0 Å². The number of hydrogen-bond acceptors (Lipinski definition) is 1. The average molecular weight is 218 g/mol. The molecule has 1 nitrogen and oxygen atoms in total. The minimum absolute atomic E-state index is 0.221. The van der Waals surface area contributed by atoms with E-state index in [4.69, 9.17) is 0 Å². The lowest BCUT2D eigenvalue weighted by Gasteiger charge is -2.11. The molecule has 16 heavy (non-hydrogen) atoms. The second-order valence-electron chi connectivity index (χ2n) is 4.57. The van der Waals surface area contributed by atoms with Crippen LogP contribution in [-0.4, -0.2) is 11.2 Å². The predicted molar refractivity (Wildman–Crippen MR) is 69.7 cm³/mol. The molecule has 1 heteroatoms. The molecule has 1 unspecified atom stereocenters. The van der Waals surface area contributed by atoms with Crippen LogP contribution in [0.4, 0.5) is 0 Å². The Labute approximate surface area is 98.8 Å². The van der Waals surface area contributed by atoms with E-state index in [1.807, 2.05) is 6.08 Å². The molecule has 0 aromatic heterocycles. The van der Waals surface area contributed by atoms with Crippen molar-refractivity contribution in [3.63, 3.8) is 0 Å². The molecule has 1 aromatic carbocycles. The van der Waals surface area contributed by atoms with Gasteiger partial charge in [0.2, 0.25) is 0 Å². The number of unbranched alkanes of at least 4 members (excludes halogenated alkanes) is 1. The van der Waals surface area contributed by atoms with Gasteiger partial charge in [0.1, 0.15) is 0 Å². The van der Waals surface area contributed by atoms with Gasteiger partial charge in [0.15, 0.2) is 0 Å². The first kappa shape index (κ1) is 13.0. The summed E-state index contributed by atoms with van der Waals surface area (Å²) in [5.41, 5.74) is 3.78. The maximum Gasteiger partial charge on any atom is 0.0580 e. The van der Waals surface area contributed by atoms with Gasteiger partial charge in [-0.15, -0.1) is 6.58 Å². The van der Waals surface area contributed by atoms with Crippen LogP contribution in [0.25, 0.3) is 0 Å². The maximum atomic E-state index is 9.88. The summed E-state index contributed by atoms with van der Waals surface area (Å²) >= 11 is 0. The van der Waals surface area contributed by atoms with E-state index < -0.39 is 0 Å². The molecule has 0 saturated carbocycles. The molecule has 0 bridgehead atoms. The predicted octanol–water partition coefficient (Wildman–Crippen LogP) is 3.56. The maximum absolute atomic E-state index is 9.88. The van der Waals surface area contributed by atoms with Crippen molar-refractivity contribution < 1.29 is 5.11 Å². The molecule has 0 saturated heterocycles. The number of rotatable bonds is 6. The van der Waals surface area contributed by atoms with Crippen molar-refractivity contribution in [2.45, 2.75) is 45.6 Å². The summed E-state index contributed by atoms with van der Waals surface area (Å²) in [7, 11) is 0. The molecule has 0 aliphatic heterocycles. The molecular weight excluding hydrogens is 196 g/mol. The normalized spacial score (nSPS) is 12.4. The Hall–Kier alpha value is -1.08. The van der Waals surface area contributed by atoms with Gasteiger partial charge in [0.25, 0.3) is 0 Å². The van der Waals surface area contributed by atoms with Crippen molar-refractivity contribution in [2.24, 2.45) is 0 Å². The first-order valence-electron chi connectivity index (χ1n) is 5.98. The van der Waals surface area contributed by atoms with Crippen LogP contribution in [0, 0.1) is 13.8 Å². The number of hydrogen-bond donors (Lipinski definition) is 1. The second-order valence-corrected chi connectivity index (χ2v) is 4.57. The fourth-order valence-electron chi connectivity index (χ4n) is 2.06. The number of benzene rings is 1. The third kappa shape index (κ3) is 4.63. The Kier molecular flexibility index (Phi) is 5.27. The number of aryl methyl sites for hydroxylation is 2. The molecule has 1 N–H and O–H groups in total. The standard InChI is InChI=1S/C15H22O/c1-4-5-6-7-15(16)11-14-9-12(2)8-13(3)10-14/h4,8-10,15-16H,1,5-7,11H2,2-3H3. The molecule has 0 amide bonds. The minimum Gasteiger partial charge on any atom is -0.393 e. The third-order valence-corrected chi connectivity index (χ3v) is 2.70. The Balaban J connectivity index is 2.48. The molecular formula is C15H22O. The van der Waals surface area contributed by atoms with Gasteiger partial charge in [-0.05, 0) is 45.1 Å². The lowest BCUT2D eigenvalue weighted by atomic mass is 10.00. The van der Waals surface area contributed by atoms with E-state index in [-0.39, 0.29) is 6.10 Å². The van der Waals surface area contributed by atoms with Gasteiger partial charge in [-0.3, -0.25) is 0 Å². The summed E-state index contributed by atoms with van der Waals surface area (Å²) in [6.07, 6.45) is 5.32. The number of aliphatic hydroxyl groups excluding tert-OH is 1. The fourth-order valence-corrected chi connectivity index (χ4v) is 2.06. The van der Waals surface area contributed by atoms with E-state index in [0.717, 1.165) is 25.7 Å². The van der Waals surface area contributed by atoms with E-state index in [9.17, 15) is 5.11 Å². The van der Waals surface area contributed by atoms with Crippen molar-refractivity contribution in [1.82, 2.24) is 0 Å². The summed E-state index contributed by atoms with van der Waals surface area (Å²) in [4.78, 5) is 0. The topological polar surface area (TPSA) is 20.2 Å². The van der Waals surface area contributed by atoms with Crippen molar-refractivity contribution >= 4 is 0 Å². The average Bonchev–Trinajstić information content (AvgIpc) is 2.16. The van der Waals surface area contributed by atoms with Crippen molar-refractivity contribution in [1.29, 1.82) is 0 Å². The molecule has 1 atom stereocenters. The zero-order valence-corrected chi connectivity index (χ0v) is 10.4. The molecule has 0 aliphatic rings. The van der Waals surface area contributed by atoms with E-state index in [2.05, 4.69) is 38.6 Å². The van der Waals surface area contributed by atoms with Crippen molar-refractivity contribution in [2.75, 3.05) is 0 Å². The minimum atomic E-state index is -0.221. The molecule has 0 spiro atoms. The number of aliphatic hydroxyl groups is 1. The van der Waals surface area contributed by atoms with Gasteiger partial charge in [-0.2, -0.15) is 0 Å². The first-order valence-corrected chi connectivity index (χ1v) is 5.98. The van der Waals surface area contributed by atoms with Crippen molar-refractivity contribution in [3.05, 3.63) is 47.5 Å². The first-order chi connectivity index (χ1) is 7.61. The van der Waals surface area contributed by atoms with Crippen LogP contribution in [0.15, 0.2) is 30.9 Å². The molecule has 0 radical (unpaired) electrons. The van der Waals surface area contributed by atoms with Crippen LogP contribution in [0.3, 0.4) is 0 Å². The lowest BCUT2D eigenvalue weighted by molar-refractivity contribution is 0.162. The summed E-state index contributed by atoms with van der Waals surface area (Å²) in [6, 6.07) is 6.47. The van der Waals surface area contributed by atoms with E-state index in [1.165, 1.54) is 16.7 Å². The number of allylic oxidation sites excluding steroid dienone is 1. The SMILES string of the molecule is C=CCCCC(O)Cc1cc(C)cc(C)c1. The summed E-state index contributed by atoms with van der Waals surface area (Å²) in [5, 5.41) is 9.88. The molecule has 0 fully saturated rings. The Morgan fingerprint density at radius 2 is 1.88 bits per heavy atom. The van der Waals surface area contributed by atoms with E-state index in [1.54, 1.807) is 0 Å².